The minimum atomic E-state index is -0.475. The number of rotatable bonds is 2. The number of hydrogen-bond acceptors (Lipinski definition) is 4. The lowest BCUT2D eigenvalue weighted by atomic mass is 10.2. The first-order valence-electron chi connectivity index (χ1n) is 5.17. The Balaban J connectivity index is 2.48. The number of nitrogens with zero attached hydrogens (tertiary/aromatic N) is 1. The highest BCUT2D eigenvalue weighted by molar-refractivity contribution is 6.00. The molecule has 0 bridgehead atoms. The third-order valence-corrected chi connectivity index (χ3v) is 2.64. The Hall–Kier alpha value is -1.75. The van der Waals surface area contributed by atoms with Crippen LogP contribution >= 0.6 is 0 Å². The molecule has 5 nitrogen and oxygen atoms in total. The van der Waals surface area contributed by atoms with E-state index in [0.29, 0.717) is 5.75 Å². The molecule has 2 rings (SSSR count). The molecule has 1 aliphatic heterocycles. The van der Waals surface area contributed by atoms with Gasteiger partial charge in [-0.05, 0) is 25.1 Å². The standard InChI is InChI=1S/C11H15N3O2/c1-7-11(15)14(6-12)9-5-8(13-2)3-4-10(9)16-7/h3-5,7,13H,6,12H2,1-2H3. The van der Waals surface area contributed by atoms with Crippen LogP contribution in [0.3, 0.4) is 0 Å². The second-order valence-electron chi connectivity index (χ2n) is 3.64. The highest BCUT2D eigenvalue weighted by Gasteiger charge is 2.30. The number of ether oxygens (including phenoxy) is 1. The van der Waals surface area contributed by atoms with Crippen molar-refractivity contribution in [3.05, 3.63) is 18.2 Å². The lowest BCUT2D eigenvalue weighted by Gasteiger charge is -2.32. The van der Waals surface area contributed by atoms with Gasteiger partial charge in [0.2, 0.25) is 0 Å². The van der Waals surface area contributed by atoms with Gasteiger partial charge in [0.25, 0.3) is 5.91 Å². The van der Waals surface area contributed by atoms with Gasteiger partial charge in [0.1, 0.15) is 5.75 Å². The maximum Gasteiger partial charge on any atom is 0.268 e. The third kappa shape index (κ3) is 1.59. The number of amides is 1. The average molecular weight is 221 g/mol. The van der Waals surface area contributed by atoms with Crippen molar-refractivity contribution >= 4 is 17.3 Å². The van der Waals surface area contributed by atoms with E-state index in [0.717, 1.165) is 11.4 Å². The van der Waals surface area contributed by atoms with Gasteiger partial charge in [-0.1, -0.05) is 0 Å². The number of carbonyl (C=O) groups excluding carboxylic acids is 1. The van der Waals surface area contributed by atoms with Crippen molar-refractivity contribution in [3.8, 4) is 5.75 Å². The first kappa shape index (κ1) is 10.8. The summed E-state index contributed by atoms with van der Waals surface area (Å²) in [6, 6.07) is 5.59. The molecule has 1 unspecified atom stereocenters. The Morgan fingerprint density at radius 2 is 2.31 bits per heavy atom. The van der Waals surface area contributed by atoms with Crippen LogP contribution < -0.4 is 20.7 Å². The highest BCUT2D eigenvalue weighted by Crippen LogP contribution is 2.35. The van der Waals surface area contributed by atoms with Gasteiger partial charge in [0, 0.05) is 12.7 Å². The fourth-order valence-corrected chi connectivity index (χ4v) is 1.75. The van der Waals surface area contributed by atoms with Crippen molar-refractivity contribution in [1.29, 1.82) is 0 Å². The maximum atomic E-state index is 11.8. The van der Waals surface area contributed by atoms with Crippen molar-refractivity contribution in [2.75, 3.05) is 23.9 Å². The van der Waals surface area contributed by atoms with E-state index in [1.54, 1.807) is 6.92 Å². The number of hydrogen-bond donors (Lipinski definition) is 2. The van der Waals surface area contributed by atoms with E-state index < -0.39 is 6.10 Å². The van der Waals surface area contributed by atoms with Crippen LogP contribution in [0.5, 0.6) is 5.75 Å². The van der Waals surface area contributed by atoms with E-state index in [2.05, 4.69) is 5.32 Å². The molecule has 16 heavy (non-hydrogen) atoms. The quantitative estimate of drug-likeness (QED) is 0.773. The second-order valence-corrected chi connectivity index (χ2v) is 3.64. The van der Waals surface area contributed by atoms with Crippen LogP contribution in [-0.4, -0.2) is 25.7 Å². The van der Waals surface area contributed by atoms with Gasteiger partial charge in [0.15, 0.2) is 6.10 Å². The highest BCUT2D eigenvalue weighted by atomic mass is 16.5. The van der Waals surface area contributed by atoms with Crippen molar-refractivity contribution in [1.82, 2.24) is 0 Å². The largest absolute Gasteiger partial charge is 0.479 e. The zero-order valence-electron chi connectivity index (χ0n) is 9.36. The van der Waals surface area contributed by atoms with E-state index in [9.17, 15) is 4.79 Å². The Kier molecular flexibility index (Phi) is 2.70. The number of anilines is 2. The summed E-state index contributed by atoms with van der Waals surface area (Å²) in [6.07, 6.45) is -0.475. The number of nitrogens with one attached hydrogen (secondary N) is 1. The number of carbonyl (C=O) groups is 1. The summed E-state index contributed by atoms with van der Waals surface area (Å²) in [5.74, 6) is 0.583. The minimum absolute atomic E-state index is 0.108. The van der Waals surface area contributed by atoms with Crippen LogP contribution in [-0.2, 0) is 4.79 Å². The van der Waals surface area contributed by atoms with Gasteiger partial charge in [0.05, 0.1) is 12.4 Å². The second kappa shape index (κ2) is 4.02. The molecule has 1 atom stereocenters. The molecule has 0 aliphatic carbocycles. The summed E-state index contributed by atoms with van der Waals surface area (Å²) in [4.78, 5) is 13.4. The number of nitrogens with two attached hydrogens (primary N) is 1. The molecular weight excluding hydrogens is 206 g/mol. The first-order valence-corrected chi connectivity index (χ1v) is 5.17. The van der Waals surface area contributed by atoms with Crippen LogP contribution in [0.2, 0.25) is 0 Å². The lowest BCUT2D eigenvalue weighted by molar-refractivity contribution is -0.125. The van der Waals surface area contributed by atoms with E-state index in [1.165, 1.54) is 4.90 Å². The number of benzene rings is 1. The third-order valence-electron chi connectivity index (χ3n) is 2.64. The van der Waals surface area contributed by atoms with Crippen molar-refractivity contribution in [2.24, 2.45) is 5.73 Å². The first-order chi connectivity index (χ1) is 7.67. The smallest absolute Gasteiger partial charge is 0.268 e. The van der Waals surface area contributed by atoms with Gasteiger partial charge < -0.3 is 15.8 Å². The van der Waals surface area contributed by atoms with Gasteiger partial charge in [-0.25, -0.2) is 0 Å². The van der Waals surface area contributed by atoms with E-state index >= 15 is 0 Å². The Morgan fingerprint density at radius 3 is 2.94 bits per heavy atom. The molecule has 1 aromatic rings. The number of fused-ring (bicyclic) bond motifs is 1. The molecule has 1 aromatic carbocycles. The van der Waals surface area contributed by atoms with Crippen molar-refractivity contribution in [2.45, 2.75) is 13.0 Å². The average Bonchev–Trinajstić information content (AvgIpc) is 2.30. The summed E-state index contributed by atoms with van der Waals surface area (Å²) >= 11 is 0. The molecule has 0 saturated carbocycles. The summed E-state index contributed by atoms with van der Waals surface area (Å²) in [7, 11) is 1.82. The fourth-order valence-electron chi connectivity index (χ4n) is 1.75. The van der Waals surface area contributed by atoms with Gasteiger partial charge >= 0.3 is 0 Å². The van der Waals surface area contributed by atoms with Gasteiger partial charge in [-0.2, -0.15) is 0 Å². The van der Waals surface area contributed by atoms with Crippen LogP contribution in [0, 0.1) is 0 Å². The summed E-state index contributed by atoms with van der Waals surface area (Å²) in [5.41, 5.74) is 7.23. The van der Waals surface area contributed by atoms with Crippen molar-refractivity contribution in [3.63, 3.8) is 0 Å². The van der Waals surface area contributed by atoms with Crippen LogP contribution in [0.25, 0.3) is 0 Å². The molecule has 1 heterocycles. The molecule has 0 fully saturated rings. The molecule has 0 radical (unpaired) electrons. The molecule has 86 valence electrons. The normalized spacial score (nSPS) is 19.1. The lowest BCUT2D eigenvalue weighted by Crippen LogP contribution is -2.47. The van der Waals surface area contributed by atoms with Crippen LogP contribution in [0.4, 0.5) is 11.4 Å². The van der Waals surface area contributed by atoms with Gasteiger partial charge in [-0.15, -0.1) is 0 Å². The zero-order chi connectivity index (χ0) is 11.7. The molecule has 0 aromatic heterocycles. The predicted molar refractivity (Wildman–Crippen MR) is 62.6 cm³/mol. The predicted octanol–water partition coefficient (Wildman–Crippen LogP) is 0.758. The van der Waals surface area contributed by atoms with Crippen molar-refractivity contribution < 1.29 is 9.53 Å². The Morgan fingerprint density at radius 1 is 1.56 bits per heavy atom. The minimum Gasteiger partial charge on any atom is -0.479 e. The summed E-state index contributed by atoms with van der Waals surface area (Å²) in [6.45, 7) is 1.88. The maximum absolute atomic E-state index is 11.8. The fraction of sp³-hybridized carbons (Fsp3) is 0.364. The molecule has 5 heteroatoms. The zero-order valence-corrected chi connectivity index (χ0v) is 9.36. The Labute approximate surface area is 94.2 Å². The van der Waals surface area contributed by atoms with Gasteiger partial charge in [-0.3, -0.25) is 9.69 Å². The van der Waals surface area contributed by atoms with E-state index in [1.807, 2.05) is 25.2 Å². The molecular formula is C11H15N3O2. The Bertz CT molecular complexity index is 420. The van der Waals surface area contributed by atoms with Crippen LogP contribution in [0.1, 0.15) is 6.92 Å². The molecule has 0 spiro atoms. The van der Waals surface area contributed by atoms with E-state index in [4.69, 9.17) is 10.5 Å². The molecule has 1 amide bonds. The molecule has 1 aliphatic rings. The summed E-state index contributed by atoms with van der Waals surface area (Å²) in [5, 5.41) is 3.01. The molecule has 3 N–H and O–H groups in total. The van der Waals surface area contributed by atoms with E-state index in [-0.39, 0.29) is 12.6 Å². The monoisotopic (exact) mass is 221 g/mol. The molecule has 0 saturated heterocycles. The topological polar surface area (TPSA) is 67.6 Å². The van der Waals surface area contributed by atoms with Crippen LogP contribution in [0.15, 0.2) is 18.2 Å². The summed E-state index contributed by atoms with van der Waals surface area (Å²) < 4.78 is 5.50. The SMILES string of the molecule is CNc1ccc2c(c1)N(CN)C(=O)C(C)O2.